The van der Waals surface area contributed by atoms with E-state index in [1.165, 1.54) is 0 Å². The quantitative estimate of drug-likeness (QED) is 0.686. The molecule has 3 rings (SSSR count). The van der Waals surface area contributed by atoms with Gasteiger partial charge in [0.1, 0.15) is 18.1 Å². The monoisotopic (exact) mass is 365 g/mol. The van der Waals surface area contributed by atoms with Gasteiger partial charge in [0.15, 0.2) is 0 Å². The third kappa shape index (κ3) is 4.47. The van der Waals surface area contributed by atoms with Gasteiger partial charge in [-0.2, -0.15) is 5.10 Å². The molecule has 6 heteroatoms. The minimum atomic E-state index is -0.156. The van der Waals surface area contributed by atoms with Crippen molar-refractivity contribution in [1.82, 2.24) is 9.78 Å². The van der Waals surface area contributed by atoms with E-state index < -0.39 is 0 Å². The topological polar surface area (TPSA) is 65.4 Å². The molecule has 1 N–H and O–H groups in total. The predicted octanol–water partition coefficient (Wildman–Crippen LogP) is 4.05. The lowest BCUT2D eigenvalue weighted by molar-refractivity contribution is 0.102. The molecule has 0 unspecified atom stereocenters. The van der Waals surface area contributed by atoms with Crippen molar-refractivity contribution >= 4 is 11.6 Å². The summed E-state index contributed by atoms with van der Waals surface area (Å²) >= 11 is 0. The number of aryl methyl sites for hydroxylation is 1. The highest BCUT2D eigenvalue weighted by molar-refractivity contribution is 6.04. The van der Waals surface area contributed by atoms with Crippen molar-refractivity contribution in [3.05, 3.63) is 71.5 Å². The van der Waals surface area contributed by atoms with E-state index in [1.807, 2.05) is 54.9 Å². The Balaban J connectivity index is 1.58. The van der Waals surface area contributed by atoms with Crippen LogP contribution in [0.15, 0.2) is 54.7 Å². The lowest BCUT2D eigenvalue weighted by Crippen LogP contribution is -2.12. The minimum Gasteiger partial charge on any atom is -0.497 e. The van der Waals surface area contributed by atoms with E-state index in [0.717, 1.165) is 35.0 Å². The Morgan fingerprint density at radius 1 is 1.07 bits per heavy atom. The third-order valence-electron chi connectivity index (χ3n) is 4.33. The summed E-state index contributed by atoms with van der Waals surface area (Å²) in [5.41, 5.74) is 3.24. The zero-order chi connectivity index (χ0) is 19.2. The fourth-order valence-electron chi connectivity index (χ4n) is 2.67. The van der Waals surface area contributed by atoms with Crippen LogP contribution in [0, 0.1) is 6.92 Å². The van der Waals surface area contributed by atoms with E-state index in [1.54, 1.807) is 25.4 Å². The van der Waals surface area contributed by atoms with Crippen LogP contribution in [-0.2, 0) is 13.2 Å². The fourth-order valence-corrected chi connectivity index (χ4v) is 2.67. The van der Waals surface area contributed by atoms with Crippen molar-refractivity contribution < 1.29 is 14.3 Å². The summed E-state index contributed by atoms with van der Waals surface area (Å²) in [6.45, 7) is 5.14. The first kappa shape index (κ1) is 18.5. The number of anilines is 1. The van der Waals surface area contributed by atoms with Gasteiger partial charge in [0.25, 0.3) is 5.91 Å². The second kappa shape index (κ2) is 8.40. The molecule has 6 nitrogen and oxygen atoms in total. The maximum absolute atomic E-state index is 12.4. The van der Waals surface area contributed by atoms with Gasteiger partial charge in [0.2, 0.25) is 0 Å². The molecule has 0 bridgehead atoms. The van der Waals surface area contributed by atoms with Crippen LogP contribution in [-0.4, -0.2) is 22.8 Å². The summed E-state index contributed by atoms with van der Waals surface area (Å²) in [7, 11) is 1.63. The Kier molecular flexibility index (Phi) is 5.76. The molecule has 0 aliphatic rings. The van der Waals surface area contributed by atoms with E-state index in [0.29, 0.717) is 12.2 Å². The predicted molar refractivity (Wildman–Crippen MR) is 104 cm³/mol. The first-order chi connectivity index (χ1) is 13.1. The second-order valence-electron chi connectivity index (χ2n) is 6.07. The molecular weight excluding hydrogens is 342 g/mol. The molecule has 2 aromatic carbocycles. The molecule has 0 fully saturated rings. The van der Waals surface area contributed by atoms with E-state index in [9.17, 15) is 4.79 Å². The van der Waals surface area contributed by atoms with Crippen molar-refractivity contribution in [3.63, 3.8) is 0 Å². The van der Waals surface area contributed by atoms with Gasteiger partial charge >= 0.3 is 0 Å². The largest absolute Gasteiger partial charge is 0.497 e. The van der Waals surface area contributed by atoms with Crippen molar-refractivity contribution in [1.29, 1.82) is 0 Å². The van der Waals surface area contributed by atoms with Crippen LogP contribution in [0.3, 0.4) is 0 Å². The number of hydrogen-bond acceptors (Lipinski definition) is 4. The van der Waals surface area contributed by atoms with Crippen LogP contribution in [0.25, 0.3) is 0 Å². The summed E-state index contributed by atoms with van der Waals surface area (Å²) in [6, 6.07) is 14.8. The highest BCUT2D eigenvalue weighted by atomic mass is 16.5. The molecule has 0 atom stereocenters. The van der Waals surface area contributed by atoms with E-state index >= 15 is 0 Å². The van der Waals surface area contributed by atoms with Gasteiger partial charge in [0.05, 0.1) is 24.7 Å². The standard InChI is InChI=1S/C21H23N3O3/c1-4-24-15(2)20(13-22-24)23-21(25)17-7-5-16(6-8-17)14-27-19-11-9-18(26-3)10-12-19/h5-13H,4,14H2,1-3H3,(H,23,25). The number of amides is 1. The Morgan fingerprint density at radius 2 is 1.74 bits per heavy atom. The van der Waals surface area contributed by atoms with Crippen molar-refractivity contribution in [2.24, 2.45) is 0 Å². The zero-order valence-electron chi connectivity index (χ0n) is 15.7. The second-order valence-corrected chi connectivity index (χ2v) is 6.07. The van der Waals surface area contributed by atoms with Gasteiger partial charge in [-0.1, -0.05) is 12.1 Å². The molecule has 0 radical (unpaired) electrons. The molecule has 140 valence electrons. The summed E-state index contributed by atoms with van der Waals surface area (Å²) in [6.07, 6.45) is 1.67. The summed E-state index contributed by atoms with van der Waals surface area (Å²) in [5.74, 6) is 1.40. The summed E-state index contributed by atoms with van der Waals surface area (Å²) in [5, 5.41) is 7.14. The molecule has 1 amide bonds. The number of ether oxygens (including phenoxy) is 2. The number of aromatic nitrogens is 2. The first-order valence-electron chi connectivity index (χ1n) is 8.80. The number of rotatable bonds is 7. The van der Waals surface area contributed by atoms with Crippen molar-refractivity contribution in [2.45, 2.75) is 27.0 Å². The highest BCUT2D eigenvalue weighted by Crippen LogP contribution is 2.19. The van der Waals surface area contributed by atoms with Crippen molar-refractivity contribution in [3.8, 4) is 11.5 Å². The number of hydrogen-bond donors (Lipinski definition) is 1. The van der Waals surface area contributed by atoms with Gasteiger partial charge in [-0.25, -0.2) is 0 Å². The molecule has 0 spiro atoms. The van der Waals surface area contributed by atoms with Gasteiger partial charge in [-0.3, -0.25) is 9.48 Å². The maximum atomic E-state index is 12.4. The molecular formula is C21H23N3O3. The molecule has 1 heterocycles. The van der Waals surface area contributed by atoms with Gasteiger partial charge in [-0.15, -0.1) is 0 Å². The van der Waals surface area contributed by atoms with Gasteiger partial charge < -0.3 is 14.8 Å². The maximum Gasteiger partial charge on any atom is 0.255 e. The van der Waals surface area contributed by atoms with Gasteiger partial charge in [-0.05, 0) is 55.8 Å². The van der Waals surface area contributed by atoms with Crippen LogP contribution in [0.4, 0.5) is 5.69 Å². The number of carbonyl (C=O) groups excluding carboxylic acids is 1. The van der Waals surface area contributed by atoms with Crippen molar-refractivity contribution in [2.75, 3.05) is 12.4 Å². The highest BCUT2D eigenvalue weighted by Gasteiger charge is 2.11. The lowest BCUT2D eigenvalue weighted by atomic mass is 10.1. The molecule has 0 saturated carbocycles. The minimum absolute atomic E-state index is 0.156. The number of carbonyl (C=O) groups is 1. The normalized spacial score (nSPS) is 10.5. The van der Waals surface area contributed by atoms with Crippen LogP contribution in [0.1, 0.15) is 28.5 Å². The Labute approximate surface area is 158 Å². The fraction of sp³-hybridized carbons (Fsp3) is 0.238. The molecule has 0 saturated heterocycles. The van der Waals surface area contributed by atoms with Crippen LogP contribution >= 0.6 is 0 Å². The number of benzene rings is 2. The molecule has 3 aromatic rings. The number of nitrogens with zero attached hydrogens (tertiary/aromatic N) is 2. The van der Waals surface area contributed by atoms with Crippen LogP contribution < -0.4 is 14.8 Å². The van der Waals surface area contributed by atoms with E-state index in [4.69, 9.17) is 9.47 Å². The van der Waals surface area contributed by atoms with Crippen LogP contribution in [0.5, 0.6) is 11.5 Å². The molecule has 0 aliphatic heterocycles. The zero-order valence-corrected chi connectivity index (χ0v) is 15.7. The van der Waals surface area contributed by atoms with Crippen LogP contribution in [0.2, 0.25) is 0 Å². The summed E-state index contributed by atoms with van der Waals surface area (Å²) < 4.78 is 12.7. The smallest absolute Gasteiger partial charge is 0.255 e. The molecule has 27 heavy (non-hydrogen) atoms. The average Bonchev–Trinajstić information content (AvgIpc) is 3.06. The Bertz CT molecular complexity index is 899. The lowest BCUT2D eigenvalue weighted by Gasteiger charge is -2.08. The number of nitrogens with one attached hydrogen (secondary N) is 1. The number of methoxy groups -OCH3 is 1. The summed E-state index contributed by atoms with van der Waals surface area (Å²) in [4.78, 5) is 12.4. The third-order valence-corrected chi connectivity index (χ3v) is 4.33. The van der Waals surface area contributed by atoms with E-state index in [-0.39, 0.29) is 5.91 Å². The van der Waals surface area contributed by atoms with Gasteiger partial charge in [0, 0.05) is 12.1 Å². The molecule has 0 aliphatic carbocycles. The first-order valence-corrected chi connectivity index (χ1v) is 8.80. The Hall–Kier alpha value is -3.28. The van der Waals surface area contributed by atoms with E-state index in [2.05, 4.69) is 10.4 Å². The molecule has 1 aromatic heterocycles. The Morgan fingerprint density at radius 3 is 2.33 bits per heavy atom. The SMILES string of the molecule is CCn1ncc(NC(=O)c2ccc(COc3ccc(OC)cc3)cc2)c1C. The average molecular weight is 365 g/mol.